The van der Waals surface area contributed by atoms with Crippen molar-refractivity contribution in [2.45, 2.75) is 13.8 Å². The first kappa shape index (κ1) is 21.5. The summed E-state index contributed by atoms with van der Waals surface area (Å²) in [5.74, 6) is -1.02. The van der Waals surface area contributed by atoms with Gasteiger partial charge in [0.1, 0.15) is 5.57 Å². The lowest BCUT2D eigenvalue weighted by Gasteiger charge is -2.26. The van der Waals surface area contributed by atoms with Gasteiger partial charge in [0.25, 0.3) is 11.8 Å². The molecule has 1 heterocycles. The van der Waals surface area contributed by atoms with E-state index in [0.29, 0.717) is 33.1 Å². The first-order valence-corrected chi connectivity index (χ1v) is 10.5. The van der Waals surface area contributed by atoms with Crippen molar-refractivity contribution in [1.82, 2.24) is 5.32 Å². The summed E-state index contributed by atoms with van der Waals surface area (Å²) in [5.41, 5.74) is 1.52. The Morgan fingerprint density at radius 3 is 2.48 bits per heavy atom. The van der Waals surface area contributed by atoms with E-state index < -0.39 is 17.8 Å². The van der Waals surface area contributed by atoms with Crippen molar-refractivity contribution in [2.75, 3.05) is 11.5 Å². The molecule has 9 heteroatoms. The number of benzene rings is 2. The minimum atomic E-state index is -0.801. The van der Waals surface area contributed by atoms with E-state index in [2.05, 4.69) is 37.2 Å². The number of amides is 4. The van der Waals surface area contributed by atoms with Crippen molar-refractivity contribution in [3.8, 4) is 5.75 Å². The van der Waals surface area contributed by atoms with E-state index in [1.165, 1.54) is 6.08 Å². The van der Waals surface area contributed by atoms with Crippen molar-refractivity contribution in [1.29, 1.82) is 0 Å². The van der Waals surface area contributed by atoms with Gasteiger partial charge >= 0.3 is 6.03 Å². The van der Waals surface area contributed by atoms with Crippen LogP contribution in [-0.2, 0) is 9.59 Å². The van der Waals surface area contributed by atoms with E-state index in [1.807, 2.05) is 13.8 Å². The van der Waals surface area contributed by atoms with Crippen LogP contribution in [0.2, 0.25) is 5.02 Å². The van der Waals surface area contributed by atoms with E-state index in [0.717, 1.165) is 14.9 Å². The normalized spacial score (nSPS) is 15.7. The zero-order chi connectivity index (χ0) is 21.3. The maximum Gasteiger partial charge on any atom is 0.335 e. The van der Waals surface area contributed by atoms with Crippen LogP contribution in [0.3, 0.4) is 0 Å². The Kier molecular flexibility index (Phi) is 6.45. The lowest BCUT2D eigenvalue weighted by Crippen LogP contribution is -2.54. The quantitative estimate of drug-likeness (QED) is 0.424. The number of aryl methyl sites for hydroxylation is 1. The number of anilines is 1. The Bertz CT molecular complexity index is 1050. The summed E-state index contributed by atoms with van der Waals surface area (Å²) in [5, 5.41) is 2.53. The molecule has 4 amide bonds. The fourth-order valence-electron chi connectivity index (χ4n) is 2.77. The van der Waals surface area contributed by atoms with Gasteiger partial charge in [-0.15, -0.1) is 0 Å². The lowest BCUT2D eigenvalue weighted by atomic mass is 10.1. The number of carbonyl (C=O) groups excluding carboxylic acids is 3. The Balaban J connectivity index is 2.02. The Hall–Kier alpha value is -2.16. The predicted molar refractivity (Wildman–Crippen MR) is 118 cm³/mol. The van der Waals surface area contributed by atoms with Gasteiger partial charge in [0, 0.05) is 4.47 Å². The topological polar surface area (TPSA) is 75.7 Å². The number of urea groups is 1. The van der Waals surface area contributed by atoms with Gasteiger partial charge in [0.15, 0.2) is 5.75 Å². The van der Waals surface area contributed by atoms with Crippen LogP contribution in [0.4, 0.5) is 10.5 Å². The van der Waals surface area contributed by atoms with Gasteiger partial charge in [-0.25, -0.2) is 9.69 Å². The number of nitrogens with one attached hydrogen (secondary N) is 1. The highest BCUT2D eigenvalue weighted by Crippen LogP contribution is 2.35. The van der Waals surface area contributed by atoms with Gasteiger partial charge in [-0.05, 0) is 77.3 Å². The highest BCUT2D eigenvalue weighted by Gasteiger charge is 2.37. The molecule has 0 bridgehead atoms. The van der Waals surface area contributed by atoms with Crippen LogP contribution in [0.15, 0.2) is 44.9 Å². The molecule has 0 unspecified atom stereocenters. The summed E-state index contributed by atoms with van der Waals surface area (Å²) in [6, 6.07) is 7.48. The fraction of sp³-hybridized carbons (Fsp3) is 0.150. The van der Waals surface area contributed by atoms with E-state index in [4.69, 9.17) is 16.3 Å². The number of rotatable bonds is 4. The zero-order valence-electron chi connectivity index (χ0n) is 15.4. The summed E-state index contributed by atoms with van der Waals surface area (Å²) < 4.78 is 6.88. The molecule has 0 aromatic heterocycles. The number of nitrogens with zero attached hydrogens (tertiary/aromatic N) is 1. The minimum absolute atomic E-state index is 0.183. The average molecular weight is 543 g/mol. The molecule has 2 aromatic carbocycles. The third-order valence-electron chi connectivity index (χ3n) is 4.12. The van der Waals surface area contributed by atoms with Crippen LogP contribution in [0.1, 0.15) is 18.1 Å². The number of hydrogen-bond acceptors (Lipinski definition) is 4. The second-order valence-electron chi connectivity index (χ2n) is 6.14. The van der Waals surface area contributed by atoms with Gasteiger partial charge in [-0.3, -0.25) is 14.9 Å². The van der Waals surface area contributed by atoms with E-state index in [1.54, 1.807) is 30.3 Å². The number of barbiturate groups is 1. The molecule has 0 atom stereocenters. The number of hydrogen-bond donors (Lipinski definition) is 1. The molecule has 150 valence electrons. The maximum absolute atomic E-state index is 13.0. The van der Waals surface area contributed by atoms with Gasteiger partial charge in [-0.1, -0.05) is 27.5 Å². The van der Waals surface area contributed by atoms with Crippen molar-refractivity contribution in [3.05, 3.63) is 61.0 Å². The molecule has 1 saturated heterocycles. The molecule has 0 saturated carbocycles. The molecule has 29 heavy (non-hydrogen) atoms. The predicted octanol–water partition coefficient (Wildman–Crippen LogP) is 5.24. The van der Waals surface area contributed by atoms with E-state index in [-0.39, 0.29) is 5.57 Å². The largest absolute Gasteiger partial charge is 0.491 e. The minimum Gasteiger partial charge on any atom is -0.491 e. The third kappa shape index (κ3) is 4.39. The molecule has 1 N–H and O–H groups in total. The highest BCUT2D eigenvalue weighted by atomic mass is 79.9. The summed E-state index contributed by atoms with van der Waals surface area (Å²) in [6.45, 7) is 4.10. The second kappa shape index (κ2) is 8.69. The summed E-state index contributed by atoms with van der Waals surface area (Å²) in [6.07, 6.45) is 1.38. The average Bonchev–Trinajstić information content (AvgIpc) is 2.64. The molecule has 6 nitrogen and oxygen atoms in total. The molecule has 0 spiro atoms. The molecule has 3 rings (SSSR count). The molecular formula is C20H15Br2ClN2O4. The molecule has 1 fully saturated rings. The van der Waals surface area contributed by atoms with E-state index in [9.17, 15) is 14.4 Å². The number of imide groups is 2. The van der Waals surface area contributed by atoms with Crippen molar-refractivity contribution in [2.24, 2.45) is 0 Å². The number of ether oxygens (including phenoxy) is 1. The fourth-order valence-corrected chi connectivity index (χ4v) is 4.01. The van der Waals surface area contributed by atoms with Crippen molar-refractivity contribution >= 4 is 73.1 Å². The molecule has 0 radical (unpaired) electrons. The first-order chi connectivity index (χ1) is 13.7. The summed E-state index contributed by atoms with van der Waals surface area (Å²) in [4.78, 5) is 38.6. The van der Waals surface area contributed by atoms with Crippen LogP contribution in [0.25, 0.3) is 6.08 Å². The highest BCUT2D eigenvalue weighted by molar-refractivity contribution is 9.10. The van der Waals surface area contributed by atoms with Crippen LogP contribution in [0.5, 0.6) is 5.75 Å². The third-order valence-corrected chi connectivity index (χ3v) is 5.88. The van der Waals surface area contributed by atoms with Crippen LogP contribution in [0, 0.1) is 6.92 Å². The van der Waals surface area contributed by atoms with Crippen LogP contribution >= 0.6 is 43.5 Å². The van der Waals surface area contributed by atoms with Crippen LogP contribution < -0.4 is 15.0 Å². The van der Waals surface area contributed by atoms with Gasteiger partial charge in [0.05, 0.1) is 21.8 Å². The second-order valence-corrected chi connectivity index (χ2v) is 8.25. The Morgan fingerprint density at radius 1 is 1.14 bits per heavy atom. The van der Waals surface area contributed by atoms with Crippen molar-refractivity contribution < 1.29 is 19.1 Å². The molecule has 1 aliphatic heterocycles. The van der Waals surface area contributed by atoms with Gasteiger partial charge in [-0.2, -0.15) is 0 Å². The summed E-state index contributed by atoms with van der Waals surface area (Å²) in [7, 11) is 0. The van der Waals surface area contributed by atoms with Gasteiger partial charge < -0.3 is 4.74 Å². The van der Waals surface area contributed by atoms with E-state index >= 15 is 0 Å². The standard InChI is InChI=1S/C20H15Br2ClN2O4/c1-3-29-17-15(22)8-11(9-16(17)23)7-13-18(26)24-20(28)25(19(13)27)12-4-5-14(21)10(2)6-12/h4-9H,3H2,1-2H3,(H,24,26,28)/b13-7+. The molecule has 0 aliphatic carbocycles. The smallest absolute Gasteiger partial charge is 0.335 e. The monoisotopic (exact) mass is 540 g/mol. The lowest BCUT2D eigenvalue weighted by molar-refractivity contribution is -0.122. The number of carbonyl (C=O) groups is 3. The molecule has 2 aromatic rings. The summed E-state index contributed by atoms with van der Waals surface area (Å²) >= 11 is 13.0. The van der Waals surface area contributed by atoms with Gasteiger partial charge in [0.2, 0.25) is 0 Å². The SMILES string of the molecule is CCOc1c(Cl)cc(/C=C2\C(=O)NC(=O)N(c3ccc(Br)c(C)c3)C2=O)cc1Br. The van der Waals surface area contributed by atoms with Crippen molar-refractivity contribution in [3.63, 3.8) is 0 Å². The Morgan fingerprint density at radius 2 is 1.86 bits per heavy atom. The molecular weight excluding hydrogens is 527 g/mol. The Labute approximate surface area is 189 Å². The number of halogens is 3. The molecule has 1 aliphatic rings. The zero-order valence-corrected chi connectivity index (χ0v) is 19.3. The first-order valence-electron chi connectivity index (χ1n) is 8.52. The maximum atomic E-state index is 13.0. The van der Waals surface area contributed by atoms with Crippen LogP contribution in [-0.4, -0.2) is 24.5 Å².